The number of methoxy groups -OCH3 is 1. The zero-order valence-electron chi connectivity index (χ0n) is 40.0. The van der Waals surface area contributed by atoms with E-state index in [2.05, 4.69) is 15.5 Å². The van der Waals surface area contributed by atoms with Crippen LogP contribution >= 0.6 is 11.8 Å². The van der Waals surface area contributed by atoms with Crippen LogP contribution in [-0.2, 0) is 33.2 Å². The van der Waals surface area contributed by atoms with Crippen LogP contribution in [0, 0.1) is 17.8 Å². The first kappa shape index (κ1) is 52.3. The molecule has 4 fully saturated rings. The van der Waals surface area contributed by atoms with Gasteiger partial charge in [0.2, 0.25) is 0 Å². The topological polar surface area (TPSA) is 190 Å². The van der Waals surface area contributed by atoms with Gasteiger partial charge in [-0.2, -0.15) is 11.8 Å². The van der Waals surface area contributed by atoms with Crippen LogP contribution in [0.5, 0.6) is 5.75 Å². The van der Waals surface area contributed by atoms with Gasteiger partial charge < -0.3 is 64.2 Å². The van der Waals surface area contributed by atoms with Crippen LogP contribution in [0.3, 0.4) is 0 Å². The highest BCUT2D eigenvalue weighted by atomic mass is 32.2. The van der Waals surface area contributed by atoms with Crippen molar-refractivity contribution in [3.8, 4) is 5.75 Å². The number of esters is 1. The SMILES string of the molecule is CCC1OC(=O)C(C)C(O[C@H]2C[C@@](C)(OC)[C@](O)(CN3CCSCC3)[C@H](C)O2)C(C)C(O[C@@H]2O[C@H](C)C[C@H](NC)[C@H]2Oc2ccccc2)C(C)(O)CC(C)CNC(C)C(O)C1(C)O. The number of hydrogen-bond acceptors (Lipinski definition) is 16. The van der Waals surface area contributed by atoms with Crippen molar-refractivity contribution in [2.24, 2.45) is 17.8 Å². The molecule has 4 aliphatic rings. The van der Waals surface area contributed by atoms with Crippen molar-refractivity contribution in [1.82, 2.24) is 15.5 Å². The lowest BCUT2D eigenvalue weighted by Gasteiger charge is -2.55. The largest absolute Gasteiger partial charge is 0.483 e. The van der Waals surface area contributed by atoms with E-state index in [1.54, 1.807) is 34.8 Å². The van der Waals surface area contributed by atoms with Crippen molar-refractivity contribution in [2.75, 3.05) is 51.8 Å². The Bertz CT molecular complexity index is 1570. The van der Waals surface area contributed by atoms with Crippen molar-refractivity contribution >= 4 is 17.7 Å². The number of aliphatic hydroxyl groups is 4. The van der Waals surface area contributed by atoms with Crippen LogP contribution in [-0.4, -0.2) is 173 Å². The van der Waals surface area contributed by atoms with E-state index in [9.17, 15) is 25.2 Å². The van der Waals surface area contributed by atoms with E-state index in [-0.39, 0.29) is 37.3 Å². The fourth-order valence-corrected chi connectivity index (χ4v) is 11.4. The zero-order chi connectivity index (χ0) is 46.5. The molecular formula is C47H81N3O12S. The Morgan fingerprint density at radius 2 is 1.62 bits per heavy atom. The molecule has 18 atom stereocenters. The molecule has 1 aromatic rings. The number of thioether (sulfide) groups is 1. The number of ether oxygens (including phenoxy) is 7. The maximum absolute atomic E-state index is 14.6. The molecule has 4 aliphatic heterocycles. The Hall–Kier alpha value is -1.64. The number of likely N-dealkylation sites (N-methyl/N-ethyl adjacent to an activating group) is 1. The van der Waals surface area contributed by atoms with E-state index >= 15 is 0 Å². The molecule has 1 aromatic carbocycles. The summed E-state index contributed by atoms with van der Waals surface area (Å²) in [5, 5.41) is 55.4. The zero-order valence-corrected chi connectivity index (χ0v) is 40.8. The molecule has 10 unspecified atom stereocenters. The van der Waals surface area contributed by atoms with Gasteiger partial charge in [-0.1, -0.05) is 39.0 Å². The van der Waals surface area contributed by atoms with E-state index in [1.807, 2.05) is 83.8 Å². The van der Waals surface area contributed by atoms with Crippen molar-refractivity contribution < 1.29 is 58.4 Å². The molecule has 0 bridgehead atoms. The number of benzene rings is 1. The smallest absolute Gasteiger partial charge is 0.311 e. The van der Waals surface area contributed by atoms with Crippen molar-refractivity contribution in [3.05, 3.63) is 30.3 Å². The second kappa shape index (κ2) is 22.0. The number of aliphatic hydroxyl groups excluding tert-OH is 1. The first-order valence-electron chi connectivity index (χ1n) is 23.3. The normalized spacial score (nSPS) is 45.4. The third-order valence-corrected chi connectivity index (χ3v) is 15.4. The molecule has 0 aromatic heterocycles. The molecule has 63 heavy (non-hydrogen) atoms. The summed E-state index contributed by atoms with van der Waals surface area (Å²) >= 11 is 1.89. The first-order valence-corrected chi connectivity index (χ1v) is 24.4. The quantitative estimate of drug-likeness (QED) is 0.176. The lowest BCUT2D eigenvalue weighted by Crippen LogP contribution is -2.70. The standard InChI is InChI=1S/C47H81N3O12S/c1-13-36-46(10,54)40(51)32(6)49-26-28(2)24-44(8,53)41(62-43-39(35(48-11)23-29(3)57-43)59-34-17-15-14-16-18-34)30(4)38(31(5)42(52)60-36)61-37-25-45(9,56-12)47(55,33(7)58-37)27-50-19-21-63-22-20-50/h14-18,28-33,35-41,43,48-49,51,53-55H,13,19-27H2,1-12H3/t28?,29-,30?,31?,32?,33+,35+,36?,37+,38?,39-,40?,41?,43+,44?,45-,46?,47+/m1/s1. The van der Waals surface area contributed by atoms with Gasteiger partial charge >= 0.3 is 5.97 Å². The molecule has 5 rings (SSSR count). The summed E-state index contributed by atoms with van der Waals surface area (Å²) in [4.78, 5) is 16.8. The monoisotopic (exact) mass is 912 g/mol. The molecular weight excluding hydrogens is 831 g/mol. The van der Waals surface area contributed by atoms with Gasteiger partial charge in [-0.05, 0) is 99.4 Å². The number of hydrogen-bond donors (Lipinski definition) is 6. The summed E-state index contributed by atoms with van der Waals surface area (Å²) in [6.07, 6.45) is -6.75. The van der Waals surface area contributed by atoms with Crippen LogP contribution in [0.4, 0.5) is 0 Å². The van der Waals surface area contributed by atoms with Gasteiger partial charge in [0, 0.05) is 56.6 Å². The van der Waals surface area contributed by atoms with Gasteiger partial charge in [0.05, 0.1) is 42.0 Å². The summed E-state index contributed by atoms with van der Waals surface area (Å²) in [5.41, 5.74) is -5.89. The number of cyclic esters (lactones) is 1. The van der Waals surface area contributed by atoms with Crippen LogP contribution in [0.2, 0.25) is 0 Å². The minimum Gasteiger partial charge on any atom is -0.483 e. The van der Waals surface area contributed by atoms with Crippen LogP contribution in [0.15, 0.2) is 30.3 Å². The number of carbonyl (C=O) groups excluding carboxylic acids is 1. The van der Waals surface area contributed by atoms with Gasteiger partial charge in [-0.25, -0.2) is 0 Å². The summed E-state index contributed by atoms with van der Waals surface area (Å²) < 4.78 is 46.3. The fraction of sp³-hybridized carbons (Fsp3) is 0.851. The molecule has 0 saturated carbocycles. The minimum absolute atomic E-state index is 0.124. The van der Waals surface area contributed by atoms with E-state index in [1.165, 1.54) is 6.92 Å². The number of nitrogens with one attached hydrogen (secondary N) is 2. The average molecular weight is 912 g/mol. The number of rotatable bonds is 11. The van der Waals surface area contributed by atoms with E-state index in [4.69, 9.17) is 33.2 Å². The van der Waals surface area contributed by atoms with E-state index in [0.717, 1.165) is 24.6 Å². The van der Waals surface area contributed by atoms with Crippen LogP contribution < -0.4 is 15.4 Å². The highest BCUT2D eigenvalue weighted by molar-refractivity contribution is 7.99. The Labute approximate surface area is 380 Å². The molecule has 0 amide bonds. The lowest BCUT2D eigenvalue weighted by atomic mass is 9.74. The third kappa shape index (κ3) is 12.1. The average Bonchev–Trinajstić information content (AvgIpc) is 3.24. The number of carbonyl (C=O) groups is 1. The Morgan fingerprint density at radius 1 is 0.952 bits per heavy atom. The Kier molecular flexibility index (Phi) is 18.3. The molecule has 4 heterocycles. The van der Waals surface area contributed by atoms with Gasteiger partial charge in [-0.3, -0.25) is 9.69 Å². The van der Waals surface area contributed by atoms with Crippen LogP contribution in [0.25, 0.3) is 0 Å². The molecule has 0 aliphatic carbocycles. The van der Waals surface area contributed by atoms with Gasteiger partial charge in [0.15, 0.2) is 18.7 Å². The Morgan fingerprint density at radius 3 is 2.24 bits per heavy atom. The molecule has 0 radical (unpaired) electrons. The lowest BCUT2D eigenvalue weighted by molar-refractivity contribution is -0.338. The minimum atomic E-state index is -1.81. The third-order valence-electron chi connectivity index (χ3n) is 14.5. The maximum Gasteiger partial charge on any atom is 0.311 e. The van der Waals surface area contributed by atoms with Gasteiger partial charge in [0.25, 0.3) is 0 Å². The second-order valence-electron chi connectivity index (χ2n) is 19.7. The second-order valence-corrected chi connectivity index (χ2v) is 20.9. The Balaban J connectivity index is 1.58. The number of para-hydroxylation sites is 1. The first-order chi connectivity index (χ1) is 29.6. The number of nitrogens with zero attached hydrogens (tertiary/aromatic N) is 1. The highest BCUT2D eigenvalue weighted by Crippen LogP contribution is 2.44. The molecule has 362 valence electrons. The highest BCUT2D eigenvalue weighted by Gasteiger charge is 2.59. The van der Waals surface area contributed by atoms with E-state index in [0.29, 0.717) is 25.3 Å². The molecule has 6 N–H and O–H groups in total. The summed E-state index contributed by atoms with van der Waals surface area (Å²) in [6, 6.07) is 8.69. The van der Waals surface area contributed by atoms with Crippen molar-refractivity contribution in [1.29, 1.82) is 0 Å². The summed E-state index contributed by atoms with van der Waals surface area (Å²) in [5.74, 6) is -0.0132. The molecule has 16 heteroatoms. The van der Waals surface area contributed by atoms with Gasteiger partial charge in [-0.15, -0.1) is 0 Å². The van der Waals surface area contributed by atoms with Crippen LogP contribution in [0.1, 0.15) is 94.9 Å². The van der Waals surface area contributed by atoms with Crippen molar-refractivity contribution in [3.63, 3.8) is 0 Å². The molecule has 0 spiro atoms. The van der Waals surface area contributed by atoms with Crippen molar-refractivity contribution in [2.45, 2.75) is 185 Å². The molecule has 15 nitrogen and oxygen atoms in total. The maximum atomic E-state index is 14.6. The van der Waals surface area contributed by atoms with E-state index < -0.39 is 95.5 Å². The fourth-order valence-electron chi connectivity index (χ4n) is 10.4. The summed E-state index contributed by atoms with van der Waals surface area (Å²) in [7, 11) is 3.46. The predicted octanol–water partition coefficient (Wildman–Crippen LogP) is 3.72. The number of β-amino-alcohol motifs (C(OH)–C–C–N with tert-alkyl or cyclic N) is 1. The molecule has 4 saturated heterocycles. The predicted molar refractivity (Wildman–Crippen MR) is 242 cm³/mol. The summed E-state index contributed by atoms with van der Waals surface area (Å²) in [6.45, 7) is 20.4. The van der Waals surface area contributed by atoms with Gasteiger partial charge in [0.1, 0.15) is 34.8 Å².